The van der Waals surface area contributed by atoms with Crippen LogP contribution < -0.4 is 0 Å². The number of amides is 2. The molecule has 1 fully saturated rings. The molecule has 0 aliphatic carbocycles. The van der Waals surface area contributed by atoms with Gasteiger partial charge in [0.1, 0.15) is 11.3 Å². The van der Waals surface area contributed by atoms with Crippen LogP contribution in [0.4, 0.5) is 4.79 Å². The lowest BCUT2D eigenvalue weighted by Crippen LogP contribution is -2.42. The molecule has 6 heteroatoms. The van der Waals surface area contributed by atoms with Crippen LogP contribution in [0.15, 0.2) is 18.3 Å². The Morgan fingerprint density at radius 3 is 2.31 bits per heavy atom. The van der Waals surface area contributed by atoms with Gasteiger partial charge in [-0.25, -0.2) is 4.79 Å². The van der Waals surface area contributed by atoms with Crippen LogP contribution in [0.2, 0.25) is 0 Å². The summed E-state index contributed by atoms with van der Waals surface area (Å²) in [5, 5.41) is 0. The van der Waals surface area contributed by atoms with Gasteiger partial charge in [-0.3, -0.25) is 4.79 Å². The van der Waals surface area contributed by atoms with E-state index in [0.29, 0.717) is 19.0 Å². The zero-order chi connectivity index (χ0) is 21.6. The minimum Gasteiger partial charge on any atom is -0.444 e. The van der Waals surface area contributed by atoms with Crippen molar-refractivity contribution in [1.82, 2.24) is 14.4 Å². The number of nitrogens with zero attached hydrogens (tertiary/aromatic N) is 3. The van der Waals surface area contributed by atoms with E-state index in [1.807, 2.05) is 50.9 Å². The summed E-state index contributed by atoms with van der Waals surface area (Å²) >= 11 is 0. The molecule has 0 saturated carbocycles. The fraction of sp³-hybridized carbons (Fsp3) is 0.739. The third kappa shape index (κ3) is 6.25. The molecular formula is C23H39N3O3. The molecule has 6 nitrogen and oxygen atoms in total. The first-order valence-corrected chi connectivity index (χ1v) is 11.1. The number of likely N-dealkylation sites (tertiary alicyclic amines) is 1. The molecule has 0 unspecified atom stereocenters. The molecule has 0 N–H and O–H groups in total. The van der Waals surface area contributed by atoms with Crippen LogP contribution in [0.1, 0.15) is 83.8 Å². The number of hydrogen-bond donors (Lipinski definition) is 0. The third-order valence-corrected chi connectivity index (χ3v) is 5.81. The third-order valence-electron chi connectivity index (χ3n) is 5.81. The number of carbonyl (C=O) groups excluding carboxylic acids is 2. The van der Waals surface area contributed by atoms with Gasteiger partial charge in [-0.05, 0) is 58.6 Å². The zero-order valence-electron chi connectivity index (χ0n) is 19.1. The summed E-state index contributed by atoms with van der Waals surface area (Å²) in [6.45, 7) is 14.9. The molecule has 0 aromatic carbocycles. The standard InChI is InChI=1S/C23H39N3O3/c1-7-18(8-2)17-24(9-3)21(27)20-11-10-14-26(20)19-12-15-25(16-13-19)22(28)29-23(4,5)6/h10-11,14,18-19H,7-9,12-13,15-17H2,1-6H3. The summed E-state index contributed by atoms with van der Waals surface area (Å²) < 4.78 is 7.60. The van der Waals surface area contributed by atoms with Crippen molar-refractivity contribution >= 4 is 12.0 Å². The number of piperidine rings is 1. The van der Waals surface area contributed by atoms with E-state index in [4.69, 9.17) is 4.74 Å². The second kappa shape index (κ2) is 10.2. The normalized spacial score (nSPS) is 15.6. The molecule has 0 radical (unpaired) electrons. The fourth-order valence-electron chi connectivity index (χ4n) is 3.92. The SMILES string of the molecule is CCC(CC)CN(CC)C(=O)c1cccn1C1CCN(C(=O)OC(C)(C)C)CC1. The van der Waals surface area contributed by atoms with Crippen LogP contribution in [-0.2, 0) is 4.74 Å². The summed E-state index contributed by atoms with van der Waals surface area (Å²) in [6, 6.07) is 4.12. The van der Waals surface area contributed by atoms with E-state index in [1.165, 1.54) is 0 Å². The van der Waals surface area contributed by atoms with Crippen molar-refractivity contribution in [3.63, 3.8) is 0 Å². The first kappa shape index (κ1) is 23.3. The van der Waals surface area contributed by atoms with Gasteiger partial charge >= 0.3 is 6.09 Å². The van der Waals surface area contributed by atoms with Gasteiger partial charge in [-0.1, -0.05) is 26.7 Å². The Kier molecular flexibility index (Phi) is 8.17. The lowest BCUT2D eigenvalue weighted by molar-refractivity contribution is 0.0186. The second-order valence-corrected chi connectivity index (χ2v) is 9.03. The van der Waals surface area contributed by atoms with Gasteiger partial charge in [0.15, 0.2) is 0 Å². The average Bonchev–Trinajstić information content (AvgIpc) is 3.17. The molecule has 1 aliphatic rings. The Labute approximate surface area is 176 Å². The Morgan fingerprint density at radius 2 is 1.79 bits per heavy atom. The van der Waals surface area contributed by atoms with Crippen molar-refractivity contribution in [1.29, 1.82) is 0 Å². The summed E-state index contributed by atoms with van der Waals surface area (Å²) in [5.41, 5.74) is 0.278. The van der Waals surface area contributed by atoms with Crippen LogP contribution in [0.25, 0.3) is 0 Å². The number of hydrogen-bond acceptors (Lipinski definition) is 3. The molecule has 1 saturated heterocycles. The van der Waals surface area contributed by atoms with Gasteiger partial charge in [-0.15, -0.1) is 0 Å². The Morgan fingerprint density at radius 1 is 1.17 bits per heavy atom. The van der Waals surface area contributed by atoms with E-state index in [0.717, 1.165) is 44.5 Å². The highest BCUT2D eigenvalue weighted by atomic mass is 16.6. The molecule has 1 aliphatic heterocycles. The van der Waals surface area contributed by atoms with Crippen LogP contribution in [0.3, 0.4) is 0 Å². The summed E-state index contributed by atoms with van der Waals surface area (Å²) in [7, 11) is 0. The predicted molar refractivity (Wildman–Crippen MR) is 116 cm³/mol. The molecule has 0 spiro atoms. The monoisotopic (exact) mass is 405 g/mol. The van der Waals surface area contributed by atoms with Gasteiger partial charge in [0.05, 0.1) is 0 Å². The molecule has 2 rings (SSSR count). The Balaban J connectivity index is 2.03. The Bertz CT molecular complexity index is 665. The number of carbonyl (C=O) groups is 2. The predicted octanol–water partition coefficient (Wildman–Crippen LogP) is 4.96. The van der Waals surface area contributed by atoms with Gasteiger partial charge in [0.25, 0.3) is 5.91 Å². The van der Waals surface area contributed by atoms with E-state index in [2.05, 4.69) is 18.4 Å². The molecule has 2 heterocycles. The molecule has 29 heavy (non-hydrogen) atoms. The number of rotatable bonds is 7. The van der Waals surface area contributed by atoms with Crippen molar-refractivity contribution in [2.24, 2.45) is 5.92 Å². The smallest absolute Gasteiger partial charge is 0.410 e. The fourth-order valence-corrected chi connectivity index (χ4v) is 3.92. The lowest BCUT2D eigenvalue weighted by atomic mass is 10.0. The summed E-state index contributed by atoms with van der Waals surface area (Å²) in [5.74, 6) is 0.651. The van der Waals surface area contributed by atoms with Crippen LogP contribution in [-0.4, -0.2) is 58.1 Å². The van der Waals surface area contributed by atoms with E-state index in [1.54, 1.807) is 4.90 Å². The zero-order valence-corrected chi connectivity index (χ0v) is 19.1. The van der Waals surface area contributed by atoms with Gasteiger partial charge < -0.3 is 19.1 Å². The summed E-state index contributed by atoms with van der Waals surface area (Å²) in [6.07, 6.45) is 5.59. The minimum atomic E-state index is -0.480. The van der Waals surface area contributed by atoms with Crippen molar-refractivity contribution in [3.05, 3.63) is 24.0 Å². The van der Waals surface area contributed by atoms with Crippen LogP contribution >= 0.6 is 0 Å². The maximum Gasteiger partial charge on any atom is 0.410 e. The average molecular weight is 406 g/mol. The lowest BCUT2D eigenvalue weighted by Gasteiger charge is -2.35. The van der Waals surface area contributed by atoms with Gasteiger partial charge in [0.2, 0.25) is 0 Å². The van der Waals surface area contributed by atoms with Crippen molar-refractivity contribution in [2.75, 3.05) is 26.2 Å². The van der Waals surface area contributed by atoms with Crippen molar-refractivity contribution in [2.45, 2.75) is 78.9 Å². The molecule has 1 aromatic heterocycles. The van der Waals surface area contributed by atoms with Gasteiger partial charge in [-0.2, -0.15) is 0 Å². The summed E-state index contributed by atoms with van der Waals surface area (Å²) in [4.78, 5) is 29.3. The maximum absolute atomic E-state index is 13.2. The highest BCUT2D eigenvalue weighted by molar-refractivity contribution is 5.92. The largest absolute Gasteiger partial charge is 0.444 e. The van der Waals surface area contributed by atoms with Crippen molar-refractivity contribution in [3.8, 4) is 0 Å². The molecule has 2 amide bonds. The molecular weight excluding hydrogens is 366 g/mol. The molecule has 1 aromatic rings. The highest BCUT2D eigenvalue weighted by Crippen LogP contribution is 2.26. The van der Waals surface area contributed by atoms with E-state index < -0.39 is 5.60 Å². The van der Waals surface area contributed by atoms with E-state index in [9.17, 15) is 9.59 Å². The van der Waals surface area contributed by atoms with Crippen LogP contribution in [0.5, 0.6) is 0 Å². The first-order valence-electron chi connectivity index (χ1n) is 11.1. The molecule has 164 valence electrons. The van der Waals surface area contributed by atoms with Crippen molar-refractivity contribution < 1.29 is 14.3 Å². The molecule has 0 atom stereocenters. The Hall–Kier alpha value is -1.98. The minimum absolute atomic E-state index is 0.110. The number of ether oxygens (including phenoxy) is 1. The quantitative estimate of drug-likeness (QED) is 0.644. The first-order chi connectivity index (χ1) is 13.7. The second-order valence-electron chi connectivity index (χ2n) is 9.03. The number of aromatic nitrogens is 1. The van der Waals surface area contributed by atoms with E-state index in [-0.39, 0.29) is 18.0 Å². The van der Waals surface area contributed by atoms with Gasteiger partial charge in [0, 0.05) is 38.4 Å². The van der Waals surface area contributed by atoms with E-state index >= 15 is 0 Å². The van der Waals surface area contributed by atoms with Crippen LogP contribution in [0, 0.1) is 5.92 Å². The topological polar surface area (TPSA) is 54.8 Å². The molecule has 0 bridgehead atoms. The highest BCUT2D eigenvalue weighted by Gasteiger charge is 2.29. The maximum atomic E-state index is 13.2.